The number of anilines is 1. The zero-order chi connectivity index (χ0) is 14.8. The van der Waals surface area contributed by atoms with Crippen molar-refractivity contribution in [2.75, 3.05) is 11.9 Å². The van der Waals surface area contributed by atoms with Gasteiger partial charge in [0.15, 0.2) is 0 Å². The van der Waals surface area contributed by atoms with Crippen molar-refractivity contribution in [3.63, 3.8) is 0 Å². The Morgan fingerprint density at radius 2 is 2.00 bits per heavy atom. The Kier molecular flexibility index (Phi) is 4.77. The molecule has 1 aliphatic heterocycles. The van der Waals surface area contributed by atoms with Gasteiger partial charge in [0.1, 0.15) is 5.75 Å². The summed E-state index contributed by atoms with van der Waals surface area (Å²) in [6.07, 6.45) is 2.05. The van der Waals surface area contributed by atoms with Crippen LogP contribution < -0.4 is 10.1 Å². The zero-order valence-corrected chi connectivity index (χ0v) is 15.1. The molecular weight excluding hydrogens is 417 g/mol. The fourth-order valence-corrected chi connectivity index (χ4v) is 3.25. The molecule has 2 nitrogen and oxygen atoms in total. The highest BCUT2D eigenvalue weighted by molar-refractivity contribution is 9.10. The van der Waals surface area contributed by atoms with Crippen LogP contribution in [0.3, 0.4) is 0 Å². The first-order valence-corrected chi connectivity index (χ1v) is 8.74. The first-order chi connectivity index (χ1) is 10.1. The number of hydrogen-bond acceptors (Lipinski definition) is 2. The van der Waals surface area contributed by atoms with Gasteiger partial charge in [0.25, 0.3) is 0 Å². The predicted molar refractivity (Wildman–Crippen MR) is 94.4 cm³/mol. The number of rotatable bonds is 2. The van der Waals surface area contributed by atoms with Gasteiger partial charge in [-0.3, -0.25) is 0 Å². The van der Waals surface area contributed by atoms with E-state index >= 15 is 0 Å². The van der Waals surface area contributed by atoms with E-state index in [1.165, 1.54) is 5.56 Å². The molecular formula is C16H14Br2ClNO. The largest absolute Gasteiger partial charge is 0.493 e. The second-order valence-corrected chi connectivity index (χ2v) is 7.18. The van der Waals surface area contributed by atoms with Crippen molar-refractivity contribution < 1.29 is 4.74 Å². The van der Waals surface area contributed by atoms with Gasteiger partial charge in [0, 0.05) is 20.2 Å². The van der Waals surface area contributed by atoms with Crippen molar-refractivity contribution in [3.8, 4) is 5.75 Å². The van der Waals surface area contributed by atoms with E-state index in [1.807, 2.05) is 24.3 Å². The molecule has 0 aliphatic carbocycles. The topological polar surface area (TPSA) is 21.3 Å². The highest BCUT2D eigenvalue weighted by Crippen LogP contribution is 2.36. The zero-order valence-electron chi connectivity index (χ0n) is 11.2. The van der Waals surface area contributed by atoms with E-state index in [4.69, 9.17) is 16.3 Å². The molecule has 0 saturated heterocycles. The van der Waals surface area contributed by atoms with Crippen molar-refractivity contribution in [3.05, 3.63) is 55.9 Å². The summed E-state index contributed by atoms with van der Waals surface area (Å²) < 4.78 is 7.78. The molecule has 1 heterocycles. The Labute approximate surface area is 146 Å². The molecule has 2 aromatic rings. The van der Waals surface area contributed by atoms with E-state index in [9.17, 15) is 0 Å². The third kappa shape index (κ3) is 3.55. The van der Waals surface area contributed by atoms with Gasteiger partial charge in [-0.15, -0.1) is 0 Å². The van der Waals surface area contributed by atoms with Crippen molar-refractivity contribution in [2.45, 2.75) is 18.9 Å². The minimum atomic E-state index is 0.229. The Morgan fingerprint density at radius 1 is 1.14 bits per heavy atom. The van der Waals surface area contributed by atoms with Gasteiger partial charge < -0.3 is 10.1 Å². The molecule has 0 amide bonds. The highest BCUT2D eigenvalue weighted by Gasteiger charge is 2.20. The lowest BCUT2D eigenvalue weighted by Gasteiger charge is -2.20. The number of fused-ring (bicyclic) bond motifs is 1. The maximum atomic E-state index is 6.17. The molecule has 5 heteroatoms. The molecule has 0 spiro atoms. The molecule has 21 heavy (non-hydrogen) atoms. The summed E-state index contributed by atoms with van der Waals surface area (Å²) in [6, 6.07) is 12.4. The summed E-state index contributed by atoms with van der Waals surface area (Å²) in [7, 11) is 0. The van der Waals surface area contributed by atoms with Gasteiger partial charge in [-0.1, -0.05) is 33.6 Å². The summed E-state index contributed by atoms with van der Waals surface area (Å²) in [4.78, 5) is 0. The molecule has 1 atom stereocenters. The van der Waals surface area contributed by atoms with Gasteiger partial charge in [-0.2, -0.15) is 0 Å². The summed E-state index contributed by atoms with van der Waals surface area (Å²) >= 11 is 13.1. The second-order valence-electron chi connectivity index (χ2n) is 5.00. The van der Waals surface area contributed by atoms with Crippen LogP contribution in [-0.4, -0.2) is 6.61 Å². The number of hydrogen-bond donors (Lipinski definition) is 1. The molecule has 0 fully saturated rings. The Balaban J connectivity index is 1.90. The monoisotopic (exact) mass is 429 g/mol. The fraction of sp³-hybridized carbons (Fsp3) is 0.250. The molecule has 0 radical (unpaired) electrons. The molecule has 3 rings (SSSR count). The van der Waals surface area contributed by atoms with Gasteiger partial charge in [0.05, 0.1) is 17.7 Å². The van der Waals surface area contributed by atoms with Crippen LogP contribution >= 0.6 is 43.5 Å². The molecule has 1 aliphatic rings. The van der Waals surface area contributed by atoms with Crippen molar-refractivity contribution in [1.29, 1.82) is 0 Å². The van der Waals surface area contributed by atoms with Gasteiger partial charge >= 0.3 is 0 Å². The fourth-order valence-electron chi connectivity index (χ4n) is 2.48. The molecule has 0 bridgehead atoms. The lowest BCUT2D eigenvalue weighted by molar-refractivity contribution is 0.316. The first kappa shape index (κ1) is 15.2. The van der Waals surface area contributed by atoms with Gasteiger partial charge in [-0.05, 0) is 59.1 Å². The van der Waals surface area contributed by atoms with E-state index in [-0.39, 0.29) is 6.04 Å². The van der Waals surface area contributed by atoms with Crippen LogP contribution in [0.1, 0.15) is 24.4 Å². The second kappa shape index (κ2) is 6.59. The van der Waals surface area contributed by atoms with Crippen LogP contribution in [-0.2, 0) is 0 Å². The van der Waals surface area contributed by atoms with Crippen LogP contribution in [0.5, 0.6) is 5.75 Å². The van der Waals surface area contributed by atoms with E-state index in [2.05, 4.69) is 49.3 Å². The highest BCUT2D eigenvalue weighted by atomic mass is 79.9. The summed E-state index contributed by atoms with van der Waals surface area (Å²) in [5.74, 6) is 0.947. The molecule has 0 aromatic heterocycles. The maximum absolute atomic E-state index is 6.17. The first-order valence-electron chi connectivity index (χ1n) is 6.77. The Morgan fingerprint density at radius 3 is 2.81 bits per heavy atom. The van der Waals surface area contributed by atoms with E-state index in [1.54, 1.807) is 0 Å². The third-order valence-electron chi connectivity index (χ3n) is 3.51. The number of halogens is 3. The molecule has 0 saturated carbocycles. The predicted octanol–water partition coefficient (Wildman–Crippen LogP) is 6.19. The summed E-state index contributed by atoms with van der Waals surface area (Å²) in [6.45, 7) is 0.753. The molecule has 1 N–H and O–H groups in total. The molecule has 110 valence electrons. The Bertz CT molecular complexity index is 663. The van der Waals surface area contributed by atoms with Crippen molar-refractivity contribution >= 4 is 49.1 Å². The third-order valence-corrected chi connectivity index (χ3v) is 5.23. The molecule has 1 unspecified atom stereocenters. The average molecular weight is 432 g/mol. The number of benzene rings is 2. The SMILES string of the molecule is Clc1cc(NC2CCCOc3cc(Br)ccc32)ccc1Br. The lowest BCUT2D eigenvalue weighted by Crippen LogP contribution is -2.10. The minimum absolute atomic E-state index is 0.229. The summed E-state index contributed by atoms with van der Waals surface area (Å²) in [5, 5.41) is 4.27. The van der Waals surface area contributed by atoms with Crippen molar-refractivity contribution in [1.82, 2.24) is 0 Å². The number of ether oxygens (including phenoxy) is 1. The van der Waals surface area contributed by atoms with E-state index in [0.29, 0.717) is 5.02 Å². The standard InChI is InChI=1S/C16H14Br2ClNO/c17-10-3-5-12-15(2-1-7-21-16(12)8-10)20-11-4-6-13(18)14(19)9-11/h3-6,8-9,15,20H,1-2,7H2. The smallest absolute Gasteiger partial charge is 0.125 e. The van der Waals surface area contributed by atoms with Crippen LogP contribution in [0.25, 0.3) is 0 Å². The van der Waals surface area contributed by atoms with E-state index in [0.717, 1.165) is 39.8 Å². The van der Waals surface area contributed by atoms with Crippen molar-refractivity contribution in [2.24, 2.45) is 0 Å². The van der Waals surface area contributed by atoms with E-state index < -0.39 is 0 Å². The van der Waals surface area contributed by atoms with Crippen LogP contribution in [0, 0.1) is 0 Å². The van der Waals surface area contributed by atoms with Gasteiger partial charge in [0.2, 0.25) is 0 Å². The van der Waals surface area contributed by atoms with Crippen LogP contribution in [0.4, 0.5) is 5.69 Å². The minimum Gasteiger partial charge on any atom is -0.493 e. The average Bonchev–Trinajstić information content (AvgIpc) is 2.65. The molecule has 2 aromatic carbocycles. The quantitative estimate of drug-likeness (QED) is 0.612. The van der Waals surface area contributed by atoms with Crippen LogP contribution in [0.2, 0.25) is 5.02 Å². The Hall–Kier alpha value is -0.710. The summed E-state index contributed by atoms with van der Waals surface area (Å²) in [5.41, 5.74) is 2.21. The van der Waals surface area contributed by atoms with Gasteiger partial charge in [-0.25, -0.2) is 0 Å². The maximum Gasteiger partial charge on any atom is 0.125 e. The normalized spacial score (nSPS) is 17.6. The van der Waals surface area contributed by atoms with Crippen LogP contribution in [0.15, 0.2) is 45.3 Å². The lowest BCUT2D eigenvalue weighted by atomic mass is 10.0. The number of nitrogens with one attached hydrogen (secondary N) is 1.